The van der Waals surface area contributed by atoms with Crippen LogP contribution < -0.4 is 11.1 Å². The Labute approximate surface area is 128 Å². The first-order valence-corrected chi connectivity index (χ1v) is 8.60. The summed E-state index contributed by atoms with van der Waals surface area (Å²) in [5.74, 6) is 1.39. The number of amides is 2. The van der Waals surface area contributed by atoms with Crippen LogP contribution in [0.2, 0.25) is 0 Å². The lowest BCUT2D eigenvalue weighted by molar-refractivity contribution is -0.145. The quantitative estimate of drug-likeness (QED) is 0.898. The van der Waals surface area contributed by atoms with E-state index in [1.807, 2.05) is 17.5 Å². The lowest BCUT2D eigenvalue weighted by Crippen LogP contribution is -2.62. The summed E-state index contributed by atoms with van der Waals surface area (Å²) >= 11 is 1.47. The highest BCUT2D eigenvalue weighted by molar-refractivity contribution is 7.12. The zero-order chi connectivity index (χ0) is 14.6. The molecule has 1 aromatic heterocycles. The molecule has 0 spiro atoms. The molecule has 4 fully saturated rings. The van der Waals surface area contributed by atoms with Gasteiger partial charge in [0.1, 0.15) is 0 Å². The molecule has 4 nitrogen and oxygen atoms in total. The number of carbonyl (C=O) groups is 2. The van der Waals surface area contributed by atoms with Crippen LogP contribution in [-0.4, -0.2) is 17.9 Å². The molecule has 4 saturated carbocycles. The Balaban J connectivity index is 1.54. The van der Waals surface area contributed by atoms with E-state index in [2.05, 4.69) is 5.32 Å². The standard InChI is InChI=1S/C16H20N2O2S/c17-15(20)16-6-9-4-10(7-16)13(11(5-9)8-16)18-14(19)12-2-1-3-21-12/h1-3,9-11,13H,4-8H2,(H2,17,20)(H,18,19). The Bertz CT molecular complexity index is 567. The molecule has 3 N–H and O–H groups in total. The van der Waals surface area contributed by atoms with Crippen molar-refractivity contribution < 1.29 is 9.59 Å². The van der Waals surface area contributed by atoms with Gasteiger partial charge >= 0.3 is 0 Å². The molecule has 4 aliphatic carbocycles. The van der Waals surface area contributed by atoms with Crippen molar-refractivity contribution in [3.63, 3.8) is 0 Å². The number of thiophene rings is 1. The highest BCUT2D eigenvalue weighted by Crippen LogP contribution is 2.59. The van der Waals surface area contributed by atoms with Gasteiger partial charge in [-0.25, -0.2) is 0 Å². The van der Waals surface area contributed by atoms with E-state index in [1.54, 1.807) is 0 Å². The fourth-order valence-corrected chi connectivity index (χ4v) is 5.82. The van der Waals surface area contributed by atoms with Crippen LogP contribution in [0.25, 0.3) is 0 Å². The largest absolute Gasteiger partial charge is 0.369 e. The van der Waals surface area contributed by atoms with Gasteiger partial charge in [0, 0.05) is 11.5 Å². The van der Waals surface area contributed by atoms with E-state index in [0.717, 1.165) is 37.0 Å². The number of primary amides is 1. The van der Waals surface area contributed by atoms with Gasteiger partial charge in [0.25, 0.3) is 5.91 Å². The van der Waals surface area contributed by atoms with Gasteiger partial charge in [0.15, 0.2) is 0 Å². The molecule has 4 bridgehead atoms. The molecule has 1 aromatic rings. The predicted molar refractivity (Wildman–Crippen MR) is 80.8 cm³/mol. The molecule has 0 aromatic carbocycles. The third-order valence-corrected chi connectivity index (χ3v) is 6.71. The van der Waals surface area contributed by atoms with Crippen LogP contribution in [0.15, 0.2) is 17.5 Å². The normalized spacial score (nSPS) is 40.2. The zero-order valence-electron chi connectivity index (χ0n) is 11.9. The number of nitrogens with one attached hydrogen (secondary N) is 1. The van der Waals surface area contributed by atoms with Crippen molar-refractivity contribution >= 4 is 23.2 Å². The Morgan fingerprint density at radius 3 is 2.52 bits per heavy atom. The highest BCUT2D eigenvalue weighted by Gasteiger charge is 2.58. The van der Waals surface area contributed by atoms with Gasteiger partial charge in [-0.15, -0.1) is 11.3 Å². The molecule has 5 heteroatoms. The number of carbonyl (C=O) groups excluding carboxylic acids is 2. The molecule has 2 atom stereocenters. The minimum Gasteiger partial charge on any atom is -0.369 e. The molecule has 5 rings (SSSR count). The maximum Gasteiger partial charge on any atom is 0.261 e. The van der Waals surface area contributed by atoms with Crippen LogP contribution in [0.5, 0.6) is 0 Å². The Morgan fingerprint density at radius 2 is 1.95 bits per heavy atom. The lowest BCUT2D eigenvalue weighted by Gasteiger charge is -2.58. The first-order valence-electron chi connectivity index (χ1n) is 7.72. The fourth-order valence-electron chi connectivity index (χ4n) is 5.19. The molecule has 1 heterocycles. The molecule has 112 valence electrons. The van der Waals surface area contributed by atoms with Crippen LogP contribution >= 0.6 is 11.3 Å². The molecular formula is C16H20N2O2S. The van der Waals surface area contributed by atoms with Gasteiger partial charge in [-0.05, 0) is 61.3 Å². The summed E-state index contributed by atoms with van der Waals surface area (Å²) in [6.07, 6.45) is 4.98. The van der Waals surface area contributed by atoms with Crippen molar-refractivity contribution in [1.29, 1.82) is 0 Å². The summed E-state index contributed by atoms with van der Waals surface area (Å²) in [6.45, 7) is 0. The molecule has 21 heavy (non-hydrogen) atoms. The predicted octanol–water partition coefficient (Wildman–Crippen LogP) is 2.16. The van der Waals surface area contributed by atoms with Gasteiger partial charge in [0.2, 0.25) is 5.91 Å². The smallest absolute Gasteiger partial charge is 0.261 e. The summed E-state index contributed by atoms with van der Waals surface area (Å²) < 4.78 is 0. The molecule has 0 radical (unpaired) electrons. The third-order valence-electron chi connectivity index (χ3n) is 5.84. The van der Waals surface area contributed by atoms with Gasteiger partial charge in [-0.2, -0.15) is 0 Å². The minimum absolute atomic E-state index is 0.0376. The average molecular weight is 304 g/mol. The average Bonchev–Trinajstić information content (AvgIpc) is 2.96. The van der Waals surface area contributed by atoms with E-state index in [0.29, 0.717) is 17.8 Å². The minimum atomic E-state index is -0.277. The third kappa shape index (κ3) is 2.01. The van der Waals surface area contributed by atoms with Crippen LogP contribution in [0.3, 0.4) is 0 Å². The Hall–Kier alpha value is -1.36. The van der Waals surface area contributed by atoms with E-state index < -0.39 is 0 Å². The van der Waals surface area contributed by atoms with Crippen molar-refractivity contribution in [2.45, 2.75) is 38.1 Å². The topological polar surface area (TPSA) is 72.2 Å². The second-order valence-electron chi connectivity index (χ2n) is 7.09. The van der Waals surface area contributed by atoms with E-state index in [1.165, 1.54) is 11.3 Å². The number of nitrogens with two attached hydrogens (primary N) is 1. The zero-order valence-corrected chi connectivity index (χ0v) is 12.7. The second-order valence-corrected chi connectivity index (χ2v) is 8.04. The van der Waals surface area contributed by atoms with Crippen LogP contribution in [0.4, 0.5) is 0 Å². The first kappa shape index (κ1) is 13.3. The van der Waals surface area contributed by atoms with Gasteiger partial charge in [-0.1, -0.05) is 6.07 Å². The summed E-state index contributed by atoms with van der Waals surface area (Å²) in [6, 6.07) is 3.99. The van der Waals surface area contributed by atoms with E-state index in [9.17, 15) is 9.59 Å². The molecule has 0 saturated heterocycles. The monoisotopic (exact) mass is 304 g/mol. The second kappa shape index (κ2) is 4.57. The van der Waals surface area contributed by atoms with Crippen molar-refractivity contribution in [2.24, 2.45) is 28.9 Å². The summed E-state index contributed by atoms with van der Waals surface area (Å²) in [7, 11) is 0. The number of hydrogen-bond donors (Lipinski definition) is 2. The molecule has 2 unspecified atom stereocenters. The lowest BCUT2D eigenvalue weighted by atomic mass is 9.47. The van der Waals surface area contributed by atoms with Crippen molar-refractivity contribution in [2.75, 3.05) is 0 Å². The fraction of sp³-hybridized carbons (Fsp3) is 0.625. The van der Waals surface area contributed by atoms with Crippen molar-refractivity contribution in [1.82, 2.24) is 5.32 Å². The van der Waals surface area contributed by atoms with Gasteiger partial charge in [0.05, 0.1) is 4.88 Å². The van der Waals surface area contributed by atoms with E-state index in [-0.39, 0.29) is 23.3 Å². The maximum absolute atomic E-state index is 12.3. The summed E-state index contributed by atoms with van der Waals surface area (Å²) in [5, 5.41) is 5.16. The van der Waals surface area contributed by atoms with E-state index in [4.69, 9.17) is 5.73 Å². The van der Waals surface area contributed by atoms with Crippen LogP contribution in [-0.2, 0) is 4.79 Å². The molecule has 0 aliphatic heterocycles. The SMILES string of the molecule is NC(=O)C12CC3CC(C1)C(NC(=O)c1cccs1)C(C3)C2. The summed E-state index contributed by atoms with van der Waals surface area (Å²) in [5.41, 5.74) is 5.41. The summed E-state index contributed by atoms with van der Waals surface area (Å²) in [4.78, 5) is 25.0. The number of hydrogen-bond acceptors (Lipinski definition) is 3. The molecular weight excluding hydrogens is 284 g/mol. The van der Waals surface area contributed by atoms with Crippen LogP contribution in [0, 0.1) is 23.2 Å². The number of rotatable bonds is 3. The Morgan fingerprint density at radius 1 is 1.24 bits per heavy atom. The first-order chi connectivity index (χ1) is 10.1. The van der Waals surface area contributed by atoms with Gasteiger partial charge < -0.3 is 11.1 Å². The van der Waals surface area contributed by atoms with Gasteiger partial charge in [-0.3, -0.25) is 9.59 Å². The Kier molecular flexibility index (Phi) is 2.89. The highest BCUT2D eigenvalue weighted by atomic mass is 32.1. The molecule has 2 amide bonds. The van der Waals surface area contributed by atoms with Crippen molar-refractivity contribution in [3.05, 3.63) is 22.4 Å². The van der Waals surface area contributed by atoms with Crippen LogP contribution in [0.1, 0.15) is 41.8 Å². The maximum atomic E-state index is 12.3. The van der Waals surface area contributed by atoms with E-state index >= 15 is 0 Å². The van der Waals surface area contributed by atoms with Crippen molar-refractivity contribution in [3.8, 4) is 0 Å². The molecule has 4 aliphatic rings.